The van der Waals surface area contributed by atoms with Crippen molar-refractivity contribution in [2.24, 2.45) is 10.9 Å². The molecule has 0 radical (unpaired) electrons. The van der Waals surface area contributed by atoms with Crippen LogP contribution in [0.4, 0.5) is 0 Å². The van der Waals surface area contributed by atoms with Crippen LogP contribution in [0.15, 0.2) is 33.7 Å². The molecule has 1 saturated heterocycles. The molecule has 1 aliphatic heterocycles. The van der Waals surface area contributed by atoms with Crippen molar-refractivity contribution in [3.05, 3.63) is 34.3 Å². The molecule has 1 heterocycles. The lowest BCUT2D eigenvalue weighted by Crippen LogP contribution is -2.40. The summed E-state index contributed by atoms with van der Waals surface area (Å²) in [6.45, 7) is 4.24. The Morgan fingerprint density at radius 3 is 2.76 bits per heavy atom. The second-order valence-corrected chi connectivity index (χ2v) is 10.3. The van der Waals surface area contributed by atoms with Crippen molar-refractivity contribution in [1.29, 1.82) is 0 Å². The molecule has 0 bridgehead atoms. The number of nitrogens with one attached hydrogen (secondary N) is 2. The maximum atomic E-state index is 11.6. The van der Waals surface area contributed by atoms with E-state index in [2.05, 4.69) is 44.8 Å². The minimum atomic E-state index is -2.83. The first kappa shape index (κ1) is 18.7. The molecule has 1 saturated carbocycles. The van der Waals surface area contributed by atoms with E-state index in [0.29, 0.717) is 18.1 Å². The fourth-order valence-electron chi connectivity index (χ4n) is 3.35. The first-order valence-electron chi connectivity index (χ1n) is 8.91. The number of halogens is 1. The van der Waals surface area contributed by atoms with Gasteiger partial charge in [0.05, 0.1) is 18.1 Å². The molecule has 2 aliphatic rings. The van der Waals surface area contributed by atoms with Crippen LogP contribution in [0, 0.1) is 5.92 Å². The van der Waals surface area contributed by atoms with Crippen LogP contribution in [0.1, 0.15) is 31.7 Å². The summed E-state index contributed by atoms with van der Waals surface area (Å²) < 4.78 is 24.3. The van der Waals surface area contributed by atoms with Crippen molar-refractivity contribution in [2.75, 3.05) is 31.1 Å². The van der Waals surface area contributed by atoms with E-state index >= 15 is 0 Å². The molecular formula is C18H26BrN3O2S. The van der Waals surface area contributed by atoms with Gasteiger partial charge in [0.1, 0.15) is 0 Å². The van der Waals surface area contributed by atoms with Gasteiger partial charge in [0.25, 0.3) is 0 Å². The molecule has 5 nitrogen and oxygen atoms in total. The third-order valence-corrected chi connectivity index (χ3v) is 7.39. The summed E-state index contributed by atoms with van der Waals surface area (Å²) in [7, 11) is -2.83. The first-order valence-corrected chi connectivity index (χ1v) is 11.5. The van der Waals surface area contributed by atoms with E-state index in [-0.39, 0.29) is 11.3 Å². The second-order valence-electron chi connectivity index (χ2n) is 7.14. The van der Waals surface area contributed by atoms with Gasteiger partial charge in [-0.05, 0) is 49.8 Å². The summed E-state index contributed by atoms with van der Waals surface area (Å²) in [5, 5.41) is 6.60. The van der Waals surface area contributed by atoms with Crippen LogP contribution in [0.3, 0.4) is 0 Å². The van der Waals surface area contributed by atoms with Crippen LogP contribution < -0.4 is 10.6 Å². The fourth-order valence-corrected chi connectivity index (χ4v) is 5.61. The highest BCUT2D eigenvalue weighted by Gasteiger charge is 2.44. The molecule has 1 unspecified atom stereocenters. The normalized spacial score (nSPS) is 24.1. The molecule has 3 rings (SSSR count). The third-order valence-electron chi connectivity index (χ3n) is 5.06. The van der Waals surface area contributed by atoms with E-state index in [1.807, 2.05) is 13.0 Å². The van der Waals surface area contributed by atoms with Crippen molar-refractivity contribution in [3.8, 4) is 0 Å². The van der Waals surface area contributed by atoms with Crippen LogP contribution in [-0.4, -0.2) is 45.5 Å². The molecule has 2 fully saturated rings. The lowest BCUT2D eigenvalue weighted by molar-refractivity contribution is 0.566. The Morgan fingerprint density at radius 1 is 1.36 bits per heavy atom. The quantitative estimate of drug-likeness (QED) is 0.540. The smallest absolute Gasteiger partial charge is 0.191 e. The van der Waals surface area contributed by atoms with Crippen molar-refractivity contribution in [3.63, 3.8) is 0 Å². The van der Waals surface area contributed by atoms with Crippen LogP contribution in [0.25, 0.3) is 0 Å². The number of rotatable bonds is 6. The highest BCUT2D eigenvalue weighted by Crippen LogP contribution is 2.48. The Kier molecular flexibility index (Phi) is 5.73. The van der Waals surface area contributed by atoms with Gasteiger partial charge < -0.3 is 10.6 Å². The average Bonchev–Trinajstić information content (AvgIpc) is 3.28. The van der Waals surface area contributed by atoms with Gasteiger partial charge in [-0.2, -0.15) is 0 Å². The van der Waals surface area contributed by atoms with E-state index < -0.39 is 9.84 Å². The molecule has 1 aromatic carbocycles. The standard InChI is InChI=1S/C18H26BrN3O2S/c1-2-20-17(21-11-14-6-9-25(23,24)12-14)22-13-18(7-8-18)15-4-3-5-16(19)10-15/h3-5,10,14H,2,6-9,11-13H2,1H3,(H2,20,21,22). The molecule has 0 spiro atoms. The van der Waals surface area contributed by atoms with Crippen molar-refractivity contribution in [2.45, 2.75) is 31.6 Å². The molecule has 138 valence electrons. The van der Waals surface area contributed by atoms with Crippen molar-refractivity contribution >= 4 is 31.7 Å². The molecule has 1 aromatic rings. The largest absolute Gasteiger partial charge is 0.357 e. The molecule has 0 aromatic heterocycles. The predicted octanol–water partition coefficient (Wildman–Crippen LogP) is 2.47. The summed E-state index contributed by atoms with van der Waals surface area (Å²) in [6, 6.07) is 8.49. The predicted molar refractivity (Wildman–Crippen MR) is 106 cm³/mol. The maximum Gasteiger partial charge on any atom is 0.191 e. The Morgan fingerprint density at radius 2 is 2.16 bits per heavy atom. The zero-order valence-corrected chi connectivity index (χ0v) is 17.0. The highest BCUT2D eigenvalue weighted by atomic mass is 79.9. The van der Waals surface area contributed by atoms with E-state index in [1.54, 1.807) is 0 Å². The fraction of sp³-hybridized carbons (Fsp3) is 0.611. The molecule has 7 heteroatoms. The second kappa shape index (κ2) is 7.66. The summed E-state index contributed by atoms with van der Waals surface area (Å²) in [5.41, 5.74) is 1.49. The number of guanidine groups is 1. The lowest BCUT2D eigenvalue weighted by Gasteiger charge is -2.17. The number of hydrogen-bond acceptors (Lipinski definition) is 3. The number of aliphatic imine (C=N–C) groups is 1. The highest BCUT2D eigenvalue weighted by molar-refractivity contribution is 9.10. The molecule has 0 amide bonds. The van der Waals surface area contributed by atoms with Gasteiger partial charge in [-0.3, -0.25) is 4.99 Å². The monoisotopic (exact) mass is 427 g/mol. The Hall–Kier alpha value is -1.08. The van der Waals surface area contributed by atoms with E-state index in [1.165, 1.54) is 5.56 Å². The Labute approximate surface area is 158 Å². The van der Waals surface area contributed by atoms with Crippen molar-refractivity contribution < 1.29 is 8.42 Å². The lowest BCUT2D eigenvalue weighted by atomic mass is 9.96. The average molecular weight is 428 g/mol. The zero-order chi connectivity index (χ0) is 17.9. The molecule has 1 aliphatic carbocycles. The Bertz CT molecular complexity index is 744. The van der Waals surface area contributed by atoms with Gasteiger partial charge in [-0.1, -0.05) is 28.1 Å². The SMILES string of the molecule is CCNC(=NCC1(c2cccc(Br)c2)CC1)NCC1CCS(=O)(=O)C1. The molecule has 1 atom stereocenters. The van der Waals surface area contributed by atoms with Gasteiger partial charge in [0, 0.05) is 23.0 Å². The van der Waals surface area contributed by atoms with Crippen LogP contribution in [0.2, 0.25) is 0 Å². The third kappa shape index (κ3) is 4.97. The van der Waals surface area contributed by atoms with Gasteiger partial charge in [-0.15, -0.1) is 0 Å². The van der Waals surface area contributed by atoms with Gasteiger partial charge in [0.15, 0.2) is 15.8 Å². The van der Waals surface area contributed by atoms with Gasteiger partial charge in [-0.25, -0.2) is 8.42 Å². The first-order chi connectivity index (χ1) is 11.9. The van der Waals surface area contributed by atoms with Gasteiger partial charge >= 0.3 is 0 Å². The number of sulfone groups is 1. The van der Waals surface area contributed by atoms with Crippen LogP contribution >= 0.6 is 15.9 Å². The maximum absolute atomic E-state index is 11.6. The number of benzene rings is 1. The minimum absolute atomic E-state index is 0.156. The summed E-state index contributed by atoms with van der Waals surface area (Å²) in [5.74, 6) is 1.59. The zero-order valence-electron chi connectivity index (χ0n) is 14.6. The number of hydrogen-bond donors (Lipinski definition) is 2. The van der Waals surface area contributed by atoms with Crippen LogP contribution in [0.5, 0.6) is 0 Å². The molecular weight excluding hydrogens is 402 g/mol. The Balaban J connectivity index is 1.60. The van der Waals surface area contributed by atoms with Gasteiger partial charge in [0.2, 0.25) is 0 Å². The molecule has 25 heavy (non-hydrogen) atoms. The molecule has 2 N–H and O–H groups in total. The van der Waals surface area contributed by atoms with E-state index in [9.17, 15) is 8.42 Å². The van der Waals surface area contributed by atoms with E-state index in [0.717, 1.165) is 42.8 Å². The summed E-state index contributed by atoms with van der Waals surface area (Å²) in [6.07, 6.45) is 3.07. The van der Waals surface area contributed by atoms with E-state index in [4.69, 9.17) is 4.99 Å². The summed E-state index contributed by atoms with van der Waals surface area (Å²) in [4.78, 5) is 4.78. The van der Waals surface area contributed by atoms with Crippen LogP contribution in [-0.2, 0) is 15.3 Å². The summed E-state index contributed by atoms with van der Waals surface area (Å²) >= 11 is 3.55. The number of nitrogens with zero attached hydrogens (tertiary/aromatic N) is 1. The topological polar surface area (TPSA) is 70.6 Å². The van der Waals surface area contributed by atoms with Crippen molar-refractivity contribution in [1.82, 2.24) is 10.6 Å². The minimum Gasteiger partial charge on any atom is -0.357 e.